The summed E-state index contributed by atoms with van der Waals surface area (Å²) in [5.74, 6) is -0.748. The van der Waals surface area contributed by atoms with Gasteiger partial charge in [0.15, 0.2) is 0 Å². The quantitative estimate of drug-likeness (QED) is 0.509. The molecule has 1 aliphatic heterocycles. The molecular weight excluding hydrogens is 354 g/mol. The van der Waals surface area contributed by atoms with Crippen molar-refractivity contribution in [1.29, 1.82) is 0 Å². The van der Waals surface area contributed by atoms with Gasteiger partial charge in [-0.1, -0.05) is 30.3 Å². The second-order valence-corrected chi connectivity index (χ2v) is 6.88. The standard InChI is InChI=1S/C22H15N3O3/c1-13-5-4-10-24-18(26)11-15(23-20(13)24)12-25-21(27)16-8-2-6-14-7-3-9-17(19(14)16)22(25)28/h2-11H,12H2,1H3. The van der Waals surface area contributed by atoms with Crippen LogP contribution in [0, 0.1) is 6.92 Å². The maximum Gasteiger partial charge on any atom is 0.261 e. The molecule has 0 spiro atoms. The van der Waals surface area contributed by atoms with Crippen molar-refractivity contribution in [2.24, 2.45) is 0 Å². The van der Waals surface area contributed by atoms with Crippen LogP contribution in [0.2, 0.25) is 0 Å². The summed E-state index contributed by atoms with van der Waals surface area (Å²) in [6, 6.07) is 15.8. The molecule has 2 amide bonds. The van der Waals surface area contributed by atoms with Gasteiger partial charge in [0.2, 0.25) is 0 Å². The van der Waals surface area contributed by atoms with Gasteiger partial charge in [0.05, 0.1) is 12.2 Å². The average molecular weight is 369 g/mol. The lowest BCUT2D eigenvalue weighted by molar-refractivity contribution is 0.0596. The molecule has 136 valence electrons. The van der Waals surface area contributed by atoms with Gasteiger partial charge in [0.1, 0.15) is 5.65 Å². The molecule has 0 bridgehead atoms. The summed E-state index contributed by atoms with van der Waals surface area (Å²) in [5, 5.41) is 1.53. The SMILES string of the molecule is Cc1cccn2c(=O)cc(CN3C(=O)c4cccc5cccc(c45)C3=O)nc12. The molecule has 28 heavy (non-hydrogen) atoms. The van der Waals surface area contributed by atoms with Gasteiger partial charge in [-0.25, -0.2) is 4.98 Å². The summed E-state index contributed by atoms with van der Waals surface area (Å²) in [5.41, 5.74) is 2.47. The second kappa shape index (κ2) is 5.85. The van der Waals surface area contributed by atoms with Crippen molar-refractivity contribution >= 4 is 28.2 Å². The number of pyridine rings is 1. The third-order valence-corrected chi connectivity index (χ3v) is 5.12. The smallest absolute Gasteiger partial charge is 0.261 e. The molecule has 0 radical (unpaired) electrons. The number of nitrogens with zero attached hydrogens (tertiary/aromatic N) is 3. The van der Waals surface area contributed by atoms with Gasteiger partial charge in [0, 0.05) is 28.8 Å². The van der Waals surface area contributed by atoms with Crippen LogP contribution in [0.25, 0.3) is 16.4 Å². The largest absolute Gasteiger partial charge is 0.269 e. The Morgan fingerprint density at radius 2 is 1.57 bits per heavy atom. The number of imide groups is 1. The van der Waals surface area contributed by atoms with E-state index in [2.05, 4.69) is 4.98 Å². The zero-order valence-electron chi connectivity index (χ0n) is 15.0. The number of hydrogen-bond acceptors (Lipinski definition) is 4. The Labute approximate surface area is 159 Å². The van der Waals surface area contributed by atoms with Gasteiger partial charge in [-0.2, -0.15) is 0 Å². The number of carbonyl (C=O) groups is 2. The number of carbonyl (C=O) groups excluding carboxylic acids is 2. The molecule has 0 saturated carbocycles. The Balaban J connectivity index is 1.63. The zero-order chi connectivity index (χ0) is 19.4. The molecule has 0 N–H and O–H groups in total. The van der Waals surface area contributed by atoms with Crippen molar-refractivity contribution in [2.75, 3.05) is 0 Å². The Morgan fingerprint density at radius 3 is 2.25 bits per heavy atom. The molecule has 5 rings (SSSR count). The fourth-order valence-electron chi connectivity index (χ4n) is 3.78. The highest BCUT2D eigenvalue weighted by atomic mass is 16.2. The highest BCUT2D eigenvalue weighted by Crippen LogP contribution is 2.30. The van der Waals surface area contributed by atoms with Gasteiger partial charge in [-0.3, -0.25) is 23.7 Å². The van der Waals surface area contributed by atoms with Crippen molar-refractivity contribution in [2.45, 2.75) is 13.5 Å². The fraction of sp³-hybridized carbons (Fsp3) is 0.0909. The van der Waals surface area contributed by atoms with Gasteiger partial charge in [-0.15, -0.1) is 0 Å². The fourth-order valence-corrected chi connectivity index (χ4v) is 3.78. The number of amides is 2. The molecule has 2 aromatic heterocycles. The van der Waals surface area contributed by atoms with Crippen molar-refractivity contribution < 1.29 is 9.59 Å². The van der Waals surface area contributed by atoms with Crippen molar-refractivity contribution in [3.8, 4) is 0 Å². The van der Waals surface area contributed by atoms with Crippen LogP contribution >= 0.6 is 0 Å². The van der Waals surface area contributed by atoms with Crippen LogP contribution in [-0.4, -0.2) is 26.1 Å². The van der Waals surface area contributed by atoms with E-state index in [9.17, 15) is 14.4 Å². The van der Waals surface area contributed by atoms with E-state index in [4.69, 9.17) is 0 Å². The summed E-state index contributed by atoms with van der Waals surface area (Å²) in [7, 11) is 0. The Kier molecular flexibility index (Phi) is 3.42. The number of aromatic nitrogens is 2. The minimum absolute atomic E-state index is 0.0531. The Morgan fingerprint density at radius 1 is 0.893 bits per heavy atom. The number of aryl methyl sites for hydroxylation is 1. The normalized spacial score (nSPS) is 13.5. The van der Waals surface area contributed by atoms with E-state index in [0.29, 0.717) is 27.9 Å². The number of rotatable bonds is 2. The number of benzene rings is 2. The maximum atomic E-state index is 13.0. The predicted octanol–water partition coefficient (Wildman–Crippen LogP) is 2.95. The van der Waals surface area contributed by atoms with Crippen LogP contribution in [0.4, 0.5) is 0 Å². The lowest BCUT2D eigenvalue weighted by Crippen LogP contribution is -2.40. The molecular formula is C22H15N3O3. The van der Waals surface area contributed by atoms with Crippen LogP contribution in [0.3, 0.4) is 0 Å². The molecule has 2 aromatic carbocycles. The highest BCUT2D eigenvalue weighted by molar-refractivity contribution is 6.25. The van der Waals surface area contributed by atoms with E-state index in [0.717, 1.165) is 15.8 Å². The third kappa shape index (κ3) is 2.28. The van der Waals surface area contributed by atoms with E-state index in [1.807, 2.05) is 25.1 Å². The van der Waals surface area contributed by atoms with E-state index in [-0.39, 0.29) is 23.9 Å². The van der Waals surface area contributed by atoms with Crippen molar-refractivity contribution in [1.82, 2.24) is 14.3 Å². The molecule has 0 saturated heterocycles. The first-order valence-electron chi connectivity index (χ1n) is 8.90. The van der Waals surface area contributed by atoms with Gasteiger partial charge < -0.3 is 0 Å². The molecule has 0 aliphatic carbocycles. The monoisotopic (exact) mass is 369 g/mol. The van der Waals surface area contributed by atoms with E-state index < -0.39 is 0 Å². The molecule has 0 fully saturated rings. The topological polar surface area (TPSA) is 71.8 Å². The number of fused-ring (bicyclic) bond motifs is 1. The highest BCUT2D eigenvalue weighted by Gasteiger charge is 2.33. The predicted molar refractivity (Wildman–Crippen MR) is 104 cm³/mol. The molecule has 4 aromatic rings. The first-order valence-corrected chi connectivity index (χ1v) is 8.90. The van der Waals surface area contributed by atoms with E-state index in [1.165, 1.54) is 10.5 Å². The molecule has 0 unspecified atom stereocenters. The minimum atomic E-state index is -0.374. The van der Waals surface area contributed by atoms with Gasteiger partial charge in [-0.05, 0) is 36.1 Å². The first kappa shape index (κ1) is 16.4. The molecule has 3 heterocycles. The summed E-state index contributed by atoms with van der Waals surface area (Å²) < 4.78 is 1.45. The molecule has 6 nitrogen and oxygen atoms in total. The van der Waals surface area contributed by atoms with Crippen LogP contribution in [0.5, 0.6) is 0 Å². The second-order valence-electron chi connectivity index (χ2n) is 6.88. The van der Waals surface area contributed by atoms with Crippen molar-refractivity contribution in [3.63, 3.8) is 0 Å². The van der Waals surface area contributed by atoms with Crippen LogP contribution in [0.15, 0.2) is 65.6 Å². The first-order chi connectivity index (χ1) is 13.5. The minimum Gasteiger partial charge on any atom is -0.269 e. The summed E-state index contributed by atoms with van der Waals surface area (Å²) in [4.78, 5) is 44.2. The summed E-state index contributed by atoms with van der Waals surface area (Å²) in [6.07, 6.45) is 1.65. The lowest BCUT2D eigenvalue weighted by Gasteiger charge is -2.27. The summed E-state index contributed by atoms with van der Waals surface area (Å²) >= 11 is 0. The van der Waals surface area contributed by atoms with Gasteiger partial charge in [0.25, 0.3) is 17.4 Å². The van der Waals surface area contributed by atoms with Crippen LogP contribution in [0.1, 0.15) is 32.0 Å². The third-order valence-electron chi connectivity index (χ3n) is 5.12. The Hall–Kier alpha value is -3.80. The van der Waals surface area contributed by atoms with Crippen LogP contribution in [-0.2, 0) is 6.54 Å². The molecule has 6 heteroatoms. The van der Waals surface area contributed by atoms with E-state index >= 15 is 0 Å². The maximum absolute atomic E-state index is 13.0. The summed E-state index contributed by atoms with van der Waals surface area (Å²) in [6.45, 7) is 1.81. The number of hydrogen-bond donors (Lipinski definition) is 0. The van der Waals surface area contributed by atoms with Gasteiger partial charge >= 0.3 is 0 Å². The molecule has 0 atom stereocenters. The molecule has 1 aliphatic rings. The van der Waals surface area contributed by atoms with E-state index in [1.54, 1.807) is 36.5 Å². The average Bonchev–Trinajstić information content (AvgIpc) is 2.70. The van der Waals surface area contributed by atoms with Crippen LogP contribution < -0.4 is 5.56 Å². The van der Waals surface area contributed by atoms with Crippen molar-refractivity contribution in [3.05, 3.63) is 93.5 Å². The Bertz CT molecular complexity index is 1320. The zero-order valence-corrected chi connectivity index (χ0v) is 15.0. The lowest BCUT2D eigenvalue weighted by atomic mass is 9.94.